The quantitative estimate of drug-likeness (QED) is 0.918. The van der Waals surface area contributed by atoms with Crippen molar-refractivity contribution in [3.8, 4) is 0 Å². The molecule has 0 spiro atoms. The Labute approximate surface area is 125 Å². The number of rotatable bonds is 2. The third kappa shape index (κ3) is 2.14. The number of fused-ring (bicyclic) bond motifs is 1. The second kappa shape index (κ2) is 5.21. The van der Waals surface area contributed by atoms with Crippen molar-refractivity contribution in [3.63, 3.8) is 0 Å². The highest BCUT2D eigenvalue weighted by Crippen LogP contribution is 2.36. The van der Waals surface area contributed by atoms with Crippen LogP contribution in [0.1, 0.15) is 10.4 Å². The summed E-state index contributed by atoms with van der Waals surface area (Å²) in [6.07, 6.45) is 1.54. The van der Waals surface area contributed by atoms with Crippen LogP contribution in [0.25, 0.3) is 10.2 Å². The maximum absolute atomic E-state index is 11.5. The molecule has 1 atom stereocenters. The molecular formula is C13H15N3O2S2. The van der Waals surface area contributed by atoms with E-state index in [-0.39, 0.29) is 0 Å². The second-order valence-corrected chi connectivity index (χ2v) is 7.14. The van der Waals surface area contributed by atoms with Crippen LogP contribution in [0.15, 0.2) is 6.33 Å². The van der Waals surface area contributed by atoms with Crippen molar-refractivity contribution in [2.45, 2.75) is 19.9 Å². The molecule has 1 aliphatic heterocycles. The number of carboxylic acids is 1. The van der Waals surface area contributed by atoms with Gasteiger partial charge in [-0.3, -0.25) is 0 Å². The Morgan fingerprint density at radius 2 is 2.25 bits per heavy atom. The van der Waals surface area contributed by atoms with Gasteiger partial charge in [0, 0.05) is 22.9 Å². The smallest absolute Gasteiger partial charge is 0.327 e. The van der Waals surface area contributed by atoms with Crippen LogP contribution in [0.4, 0.5) is 5.82 Å². The highest BCUT2D eigenvalue weighted by atomic mass is 32.2. The van der Waals surface area contributed by atoms with Crippen molar-refractivity contribution in [1.82, 2.24) is 9.97 Å². The van der Waals surface area contributed by atoms with Gasteiger partial charge in [0.2, 0.25) is 0 Å². The molecule has 2 aromatic rings. The minimum atomic E-state index is -0.784. The number of anilines is 1. The van der Waals surface area contributed by atoms with Gasteiger partial charge in [-0.1, -0.05) is 0 Å². The predicted octanol–water partition coefficient (Wildman–Crippen LogP) is 2.31. The van der Waals surface area contributed by atoms with Gasteiger partial charge in [0.1, 0.15) is 23.0 Å². The number of aliphatic carboxylic acids is 1. The first-order valence-electron chi connectivity index (χ1n) is 6.37. The summed E-state index contributed by atoms with van der Waals surface area (Å²) >= 11 is 3.32. The third-order valence-electron chi connectivity index (χ3n) is 3.63. The zero-order valence-electron chi connectivity index (χ0n) is 11.3. The van der Waals surface area contributed by atoms with Crippen molar-refractivity contribution >= 4 is 45.1 Å². The van der Waals surface area contributed by atoms with E-state index >= 15 is 0 Å². The Balaban J connectivity index is 2.15. The summed E-state index contributed by atoms with van der Waals surface area (Å²) in [5, 5.41) is 10.4. The van der Waals surface area contributed by atoms with Crippen molar-refractivity contribution in [3.05, 3.63) is 16.8 Å². The summed E-state index contributed by atoms with van der Waals surface area (Å²) in [6, 6.07) is -0.508. The van der Waals surface area contributed by atoms with Crippen LogP contribution in [0, 0.1) is 13.8 Å². The first-order chi connectivity index (χ1) is 9.59. The zero-order valence-corrected chi connectivity index (χ0v) is 12.9. The van der Waals surface area contributed by atoms with Gasteiger partial charge < -0.3 is 10.0 Å². The first kappa shape index (κ1) is 13.6. The van der Waals surface area contributed by atoms with E-state index < -0.39 is 12.0 Å². The van der Waals surface area contributed by atoms with E-state index in [0.717, 1.165) is 27.4 Å². The molecule has 1 aliphatic rings. The van der Waals surface area contributed by atoms with Gasteiger partial charge in [-0.25, -0.2) is 14.8 Å². The highest BCUT2D eigenvalue weighted by Gasteiger charge is 2.31. The standard InChI is InChI=1S/C13H15N3O2S2/c1-7-8(2)20-12-10(7)11(14-6-15-12)16-3-4-19-5-9(16)13(17)18/h6,9H,3-5H2,1-2H3,(H,17,18). The molecule has 0 aliphatic carbocycles. The van der Waals surface area contributed by atoms with Gasteiger partial charge in [0.25, 0.3) is 0 Å². The van der Waals surface area contributed by atoms with Gasteiger partial charge in [0.15, 0.2) is 0 Å². The fourth-order valence-electron chi connectivity index (χ4n) is 2.44. The van der Waals surface area contributed by atoms with Crippen molar-refractivity contribution in [1.29, 1.82) is 0 Å². The SMILES string of the molecule is Cc1sc2ncnc(N3CCSCC3C(=O)O)c2c1C. The summed E-state index contributed by atoms with van der Waals surface area (Å²) in [5.74, 6) is 1.51. The molecule has 0 aromatic carbocycles. The Morgan fingerprint density at radius 3 is 3.00 bits per heavy atom. The molecule has 1 N–H and O–H groups in total. The summed E-state index contributed by atoms with van der Waals surface area (Å²) in [7, 11) is 0. The molecule has 3 rings (SSSR count). The van der Waals surface area contributed by atoms with E-state index in [2.05, 4.69) is 23.8 Å². The minimum absolute atomic E-state index is 0.508. The second-order valence-electron chi connectivity index (χ2n) is 4.78. The fraction of sp³-hybridized carbons (Fsp3) is 0.462. The lowest BCUT2D eigenvalue weighted by molar-refractivity contribution is -0.138. The van der Waals surface area contributed by atoms with E-state index in [9.17, 15) is 9.90 Å². The van der Waals surface area contributed by atoms with Crippen molar-refractivity contribution in [2.24, 2.45) is 0 Å². The van der Waals surface area contributed by atoms with E-state index in [1.807, 2.05) is 4.90 Å². The molecule has 0 amide bonds. The van der Waals surface area contributed by atoms with Crippen LogP contribution in [-0.2, 0) is 4.79 Å². The van der Waals surface area contributed by atoms with Crippen LogP contribution in [0.3, 0.4) is 0 Å². The summed E-state index contributed by atoms with van der Waals surface area (Å²) in [6.45, 7) is 4.82. The largest absolute Gasteiger partial charge is 0.480 e. The Bertz CT molecular complexity index is 671. The lowest BCUT2D eigenvalue weighted by Crippen LogP contribution is -2.48. The number of thioether (sulfide) groups is 1. The molecule has 1 fully saturated rings. The first-order valence-corrected chi connectivity index (χ1v) is 8.34. The number of carboxylic acid groups (broad SMARTS) is 1. The average Bonchev–Trinajstić information content (AvgIpc) is 2.74. The number of aromatic nitrogens is 2. The topological polar surface area (TPSA) is 66.3 Å². The Kier molecular flexibility index (Phi) is 3.55. The van der Waals surface area contributed by atoms with Crippen LogP contribution >= 0.6 is 23.1 Å². The zero-order chi connectivity index (χ0) is 14.3. The average molecular weight is 309 g/mol. The van der Waals surface area contributed by atoms with Gasteiger partial charge in [-0.15, -0.1) is 11.3 Å². The highest BCUT2D eigenvalue weighted by molar-refractivity contribution is 7.99. The number of thiophene rings is 1. The molecule has 3 heterocycles. The Hall–Kier alpha value is -1.34. The normalized spacial score (nSPS) is 19.5. The number of hydrogen-bond acceptors (Lipinski definition) is 6. The summed E-state index contributed by atoms with van der Waals surface area (Å²) in [4.78, 5) is 24.2. The molecule has 0 saturated carbocycles. The van der Waals surface area contributed by atoms with Crippen LogP contribution in [-0.4, -0.2) is 45.1 Å². The molecular weight excluding hydrogens is 294 g/mol. The maximum atomic E-state index is 11.5. The number of aryl methyl sites for hydroxylation is 2. The van der Waals surface area contributed by atoms with Gasteiger partial charge in [-0.2, -0.15) is 11.8 Å². The van der Waals surface area contributed by atoms with Crippen molar-refractivity contribution in [2.75, 3.05) is 23.0 Å². The monoisotopic (exact) mass is 309 g/mol. The van der Waals surface area contributed by atoms with Gasteiger partial charge in [0.05, 0.1) is 5.39 Å². The molecule has 0 bridgehead atoms. The molecule has 1 saturated heterocycles. The van der Waals surface area contributed by atoms with E-state index in [4.69, 9.17) is 0 Å². The van der Waals surface area contributed by atoms with Crippen LogP contribution in [0.5, 0.6) is 0 Å². The van der Waals surface area contributed by atoms with Crippen LogP contribution < -0.4 is 4.90 Å². The molecule has 2 aromatic heterocycles. The number of nitrogens with zero attached hydrogens (tertiary/aromatic N) is 3. The number of carbonyl (C=O) groups is 1. The lowest BCUT2D eigenvalue weighted by Gasteiger charge is -2.33. The van der Waals surface area contributed by atoms with Gasteiger partial charge >= 0.3 is 5.97 Å². The van der Waals surface area contributed by atoms with Crippen LogP contribution in [0.2, 0.25) is 0 Å². The fourth-order valence-corrected chi connectivity index (χ4v) is 4.47. The number of hydrogen-bond donors (Lipinski definition) is 1. The third-order valence-corrected chi connectivity index (χ3v) is 5.77. The molecule has 20 heavy (non-hydrogen) atoms. The molecule has 7 heteroatoms. The summed E-state index contributed by atoms with van der Waals surface area (Å²) in [5.41, 5.74) is 1.16. The predicted molar refractivity (Wildman–Crippen MR) is 83.0 cm³/mol. The Morgan fingerprint density at radius 1 is 1.45 bits per heavy atom. The lowest BCUT2D eigenvalue weighted by atomic mass is 10.2. The molecule has 1 unspecified atom stereocenters. The van der Waals surface area contributed by atoms with E-state index in [1.165, 1.54) is 11.2 Å². The maximum Gasteiger partial charge on any atom is 0.327 e. The molecule has 0 radical (unpaired) electrons. The molecule has 106 valence electrons. The van der Waals surface area contributed by atoms with Crippen molar-refractivity contribution < 1.29 is 9.90 Å². The minimum Gasteiger partial charge on any atom is -0.480 e. The van der Waals surface area contributed by atoms with E-state index in [0.29, 0.717) is 12.3 Å². The van der Waals surface area contributed by atoms with E-state index in [1.54, 1.807) is 23.1 Å². The van der Waals surface area contributed by atoms with Gasteiger partial charge in [-0.05, 0) is 19.4 Å². The summed E-state index contributed by atoms with van der Waals surface area (Å²) < 4.78 is 0. The molecule has 5 nitrogen and oxygen atoms in total.